The van der Waals surface area contributed by atoms with Crippen LogP contribution >= 0.6 is 0 Å². The Morgan fingerprint density at radius 2 is 2.05 bits per heavy atom. The third kappa shape index (κ3) is 5.64. The first-order chi connectivity index (χ1) is 8.84. The van der Waals surface area contributed by atoms with E-state index in [2.05, 4.69) is 67.8 Å². The summed E-state index contributed by atoms with van der Waals surface area (Å²) in [6.07, 6.45) is 4.55. The number of anilines is 1. The van der Waals surface area contributed by atoms with Gasteiger partial charge in [0.15, 0.2) is 0 Å². The third-order valence-electron chi connectivity index (χ3n) is 3.12. The molecule has 0 bridgehead atoms. The van der Waals surface area contributed by atoms with Gasteiger partial charge in [0, 0.05) is 25.8 Å². The van der Waals surface area contributed by atoms with Crippen molar-refractivity contribution in [3.8, 4) is 0 Å². The van der Waals surface area contributed by atoms with E-state index in [1.807, 2.05) is 0 Å². The highest BCUT2D eigenvalue weighted by atomic mass is 15.2. The average molecular weight is 266 g/mol. The highest BCUT2D eigenvalue weighted by molar-refractivity contribution is 5.29. The van der Waals surface area contributed by atoms with Crippen LogP contribution in [0.2, 0.25) is 0 Å². The van der Waals surface area contributed by atoms with Crippen molar-refractivity contribution >= 4 is 5.95 Å². The Hall–Kier alpha value is -1.03. The maximum absolute atomic E-state index is 4.58. The average Bonchev–Trinajstić information content (AvgIpc) is 2.63. The molecule has 0 atom stereocenters. The van der Waals surface area contributed by atoms with E-state index >= 15 is 0 Å². The van der Waals surface area contributed by atoms with Crippen molar-refractivity contribution in [3.63, 3.8) is 0 Å². The Labute approximate surface area is 118 Å². The van der Waals surface area contributed by atoms with E-state index in [-0.39, 0.29) is 5.41 Å². The summed E-state index contributed by atoms with van der Waals surface area (Å²) in [4.78, 5) is 6.82. The fourth-order valence-corrected chi connectivity index (χ4v) is 2.42. The fourth-order valence-electron chi connectivity index (χ4n) is 2.42. The van der Waals surface area contributed by atoms with Crippen molar-refractivity contribution in [1.82, 2.24) is 14.5 Å². The lowest BCUT2D eigenvalue weighted by atomic mass is 9.93. The highest BCUT2D eigenvalue weighted by Gasteiger charge is 2.19. The Kier molecular flexibility index (Phi) is 5.85. The van der Waals surface area contributed by atoms with E-state index < -0.39 is 0 Å². The number of rotatable bonds is 8. The van der Waals surface area contributed by atoms with E-state index in [4.69, 9.17) is 0 Å². The van der Waals surface area contributed by atoms with Gasteiger partial charge in [0.25, 0.3) is 0 Å². The second-order valence-electron chi connectivity index (χ2n) is 6.51. The van der Waals surface area contributed by atoms with Crippen LogP contribution < -0.4 is 5.32 Å². The molecule has 0 spiro atoms. The summed E-state index contributed by atoms with van der Waals surface area (Å²) in [5.74, 6) is 1.01. The Morgan fingerprint density at radius 1 is 1.37 bits per heavy atom. The molecule has 1 rings (SSSR count). The van der Waals surface area contributed by atoms with Crippen LogP contribution in [0.4, 0.5) is 5.95 Å². The van der Waals surface area contributed by atoms with E-state index in [9.17, 15) is 0 Å². The SMILES string of the molecule is CCCCn1cc(C)nc1NCC(C)(C)CN(C)C. The smallest absolute Gasteiger partial charge is 0.203 e. The number of aryl methyl sites for hydroxylation is 2. The standard InChI is InChI=1S/C15H30N4/c1-7-8-9-19-10-13(2)17-14(19)16-11-15(3,4)12-18(5)6/h10H,7-9,11-12H2,1-6H3,(H,16,17). The number of hydrogen-bond donors (Lipinski definition) is 1. The van der Waals surface area contributed by atoms with Crippen LogP contribution in [-0.4, -0.2) is 41.6 Å². The first kappa shape index (κ1) is 16.0. The molecule has 0 aromatic carbocycles. The fraction of sp³-hybridized carbons (Fsp3) is 0.800. The van der Waals surface area contributed by atoms with Gasteiger partial charge >= 0.3 is 0 Å². The first-order valence-corrected chi connectivity index (χ1v) is 7.26. The van der Waals surface area contributed by atoms with Gasteiger partial charge in [-0.05, 0) is 32.9 Å². The van der Waals surface area contributed by atoms with Gasteiger partial charge < -0.3 is 14.8 Å². The second-order valence-corrected chi connectivity index (χ2v) is 6.51. The minimum absolute atomic E-state index is 0.235. The molecule has 1 aromatic heterocycles. The van der Waals surface area contributed by atoms with E-state index in [1.54, 1.807) is 0 Å². The number of hydrogen-bond acceptors (Lipinski definition) is 3. The van der Waals surface area contributed by atoms with Gasteiger partial charge in [-0.25, -0.2) is 4.98 Å². The van der Waals surface area contributed by atoms with Crippen LogP contribution in [0.25, 0.3) is 0 Å². The van der Waals surface area contributed by atoms with E-state index in [0.717, 1.165) is 31.3 Å². The minimum Gasteiger partial charge on any atom is -0.355 e. The van der Waals surface area contributed by atoms with Gasteiger partial charge in [0.2, 0.25) is 5.95 Å². The monoisotopic (exact) mass is 266 g/mol. The van der Waals surface area contributed by atoms with Crippen molar-refractivity contribution in [2.24, 2.45) is 5.41 Å². The van der Waals surface area contributed by atoms with Crippen molar-refractivity contribution in [2.75, 3.05) is 32.5 Å². The molecule has 0 amide bonds. The van der Waals surface area contributed by atoms with Gasteiger partial charge in [-0.1, -0.05) is 27.2 Å². The first-order valence-electron chi connectivity index (χ1n) is 7.26. The van der Waals surface area contributed by atoms with E-state index in [1.165, 1.54) is 12.8 Å². The van der Waals surface area contributed by atoms with Gasteiger partial charge in [0.1, 0.15) is 0 Å². The van der Waals surface area contributed by atoms with Crippen molar-refractivity contribution in [3.05, 3.63) is 11.9 Å². The predicted molar refractivity (Wildman–Crippen MR) is 82.7 cm³/mol. The molecule has 0 saturated carbocycles. The lowest BCUT2D eigenvalue weighted by Crippen LogP contribution is -2.34. The highest BCUT2D eigenvalue weighted by Crippen LogP contribution is 2.18. The lowest BCUT2D eigenvalue weighted by molar-refractivity contribution is 0.253. The van der Waals surface area contributed by atoms with Gasteiger partial charge in [-0.2, -0.15) is 0 Å². The number of nitrogens with zero attached hydrogens (tertiary/aromatic N) is 3. The van der Waals surface area contributed by atoms with Crippen molar-refractivity contribution in [1.29, 1.82) is 0 Å². The van der Waals surface area contributed by atoms with Crippen LogP contribution in [0.15, 0.2) is 6.20 Å². The third-order valence-corrected chi connectivity index (χ3v) is 3.12. The molecule has 19 heavy (non-hydrogen) atoms. The van der Waals surface area contributed by atoms with Crippen molar-refractivity contribution in [2.45, 2.75) is 47.1 Å². The molecule has 0 fully saturated rings. The normalized spacial score (nSPS) is 12.2. The predicted octanol–water partition coefficient (Wildman–Crippen LogP) is 2.99. The Bertz CT molecular complexity index is 379. The van der Waals surface area contributed by atoms with E-state index in [0.29, 0.717) is 0 Å². The Morgan fingerprint density at radius 3 is 2.63 bits per heavy atom. The zero-order valence-corrected chi connectivity index (χ0v) is 13.5. The summed E-state index contributed by atoms with van der Waals surface area (Å²) in [5.41, 5.74) is 1.32. The van der Waals surface area contributed by atoms with Crippen LogP contribution in [0.3, 0.4) is 0 Å². The molecule has 0 aliphatic carbocycles. The van der Waals surface area contributed by atoms with Crippen molar-refractivity contribution < 1.29 is 0 Å². The quantitative estimate of drug-likeness (QED) is 0.785. The van der Waals surface area contributed by atoms with Gasteiger partial charge in [-0.3, -0.25) is 0 Å². The maximum atomic E-state index is 4.58. The molecule has 110 valence electrons. The molecular weight excluding hydrogens is 236 g/mol. The van der Waals surface area contributed by atoms with Crippen LogP contribution in [0.1, 0.15) is 39.3 Å². The van der Waals surface area contributed by atoms with Gasteiger partial charge in [0.05, 0.1) is 5.69 Å². The number of nitrogens with one attached hydrogen (secondary N) is 1. The Balaban J connectivity index is 2.61. The van der Waals surface area contributed by atoms with Crippen LogP contribution in [-0.2, 0) is 6.54 Å². The molecule has 4 heteroatoms. The second kappa shape index (κ2) is 6.94. The lowest BCUT2D eigenvalue weighted by Gasteiger charge is -2.28. The molecule has 1 aromatic rings. The summed E-state index contributed by atoms with van der Waals surface area (Å²) < 4.78 is 2.24. The summed E-state index contributed by atoms with van der Waals surface area (Å²) >= 11 is 0. The summed E-state index contributed by atoms with van der Waals surface area (Å²) in [7, 11) is 4.24. The largest absolute Gasteiger partial charge is 0.355 e. The van der Waals surface area contributed by atoms with Gasteiger partial charge in [-0.15, -0.1) is 0 Å². The molecule has 0 aliphatic heterocycles. The zero-order chi connectivity index (χ0) is 14.5. The molecule has 0 radical (unpaired) electrons. The molecule has 0 saturated heterocycles. The van der Waals surface area contributed by atoms with Crippen LogP contribution in [0.5, 0.6) is 0 Å². The molecule has 0 unspecified atom stereocenters. The zero-order valence-electron chi connectivity index (χ0n) is 13.5. The number of unbranched alkanes of at least 4 members (excludes halogenated alkanes) is 1. The molecule has 1 N–H and O–H groups in total. The minimum atomic E-state index is 0.235. The summed E-state index contributed by atoms with van der Waals surface area (Å²) in [6.45, 7) is 11.9. The molecule has 1 heterocycles. The topological polar surface area (TPSA) is 33.1 Å². The molecular formula is C15H30N4. The molecule has 4 nitrogen and oxygen atoms in total. The van der Waals surface area contributed by atoms with Crippen LogP contribution in [0, 0.1) is 12.3 Å². The number of aromatic nitrogens is 2. The summed E-state index contributed by atoms with van der Waals surface area (Å²) in [5, 5.41) is 3.51. The number of imidazole rings is 1. The molecule has 0 aliphatic rings. The maximum Gasteiger partial charge on any atom is 0.203 e. The summed E-state index contributed by atoms with van der Waals surface area (Å²) in [6, 6.07) is 0.